The quantitative estimate of drug-likeness (QED) is 0.416. The minimum atomic E-state index is 0.838. The van der Waals surface area contributed by atoms with Crippen LogP contribution >= 0.6 is 11.3 Å². The number of benzene rings is 3. The summed E-state index contributed by atoms with van der Waals surface area (Å²) >= 11 is 1.64. The van der Waals surface area contributed by atoms with Crippen molar-refractivity contribution >= 4 is 43.8 Å². The van der Waals surface area contributed by atoms with E-state index in [-0.39, 0.29) is 0 Å². The highest BCUT2D eigenvalue weighted by molar-refractivity contribution is 7.17. The van der Waals surface area contributed by atoms with Crippen molar-refractivity contribution in [1.29, 1.82) is 0 Å². The molecule has 5 aromatic rings. The Hall–Kier alpha value is -3.24. The Kier molecular flexibility index (Phi) is 3.61. The van der Waals surface area contributed by atoms with Gasteiger partial charge in [-0.3, -0.25) is 0 Å². The van der Waals surface area contributed by atoms with Crippen molar-refractivity contribution in [2.24, 2.45) is 0 Å². The molecule has 3 nitrogen and oxygen atoms in total. The lowest BCUT2D eigenvalue weighted by molar-refractivity contribution is 1.23. The Labute approximate surface area is 155 Å². The van der Waals surface area contributed by atoms with Crippen LogP contribution < -0.4 is 5.32 Å². The maximum absolute atomic E-state index is 4.53. The molecular weight excluding hydrogens is 338 g/mol. The first-order valence-corrected chi connectivity index (χ1v) is 9.30. The van der Waals surface area contributed by atoms with Crippen molar-refractivity contribution < 1.29 is 0 Å². The van der Waals surface area contributed by atoms with Gasteiger partial charge in [0.2, 0.25) is 0 Å². The molecule has 0 amide bonds. The zero-order valence-electron chi connectivity index (χ0n) is 13.9. The van der Waals surface area contributed by atoms with Gasteiger partial charge in [-0.1, -0.05) is 60.7 Å². The molecule has 2 aromatic heterocycles. The second-order valence-corrected chi connectivity index (χ2v) is 6.96. The summed E-state index contributed by atoms with van der Waals surface area (Å²) in [6, 6.07) is 25.1. The Bertz CT molecular complexity index is 1210. The molecule has 0 aliphatic heterocycles. The van der Waals surface area contributed by atoms with Crippen molar-refractivity contribution in [3.63, 3.8) is 0 Å². The number of rotatable bonds is 3. The largest absolute Gasteiger partial charge is 0.340 e. The van der Waals surface area contributed by atoms with Crippen LogP contribution in [0, 0.1) is 0 Å². The average Bonchev–Trinajstić information content (AvgIpc) is 3.14. The van der Waals surface area contributed by atoms with Crippen molar-refractivity contribution in [3.8, 4) is 11.1 Å². The van der Waals surface area contributed by atoms with Crippen molar-refractivity contribution in [2.45, 2.75) is 0 Å². The molecule has 3 aromatic carbocycles. The maximum Gasteiger partial charge on any atom is 0.143 e. The van der Waals surface area contributed by atoms with Crippen LogP contribution in [0.5, 0.6) is 0 Å². The monoisotopic (exact) mass is 353 g/mol. The topological polar surface area (TPSA) is 37.8 Å². The molecule has 5 rings (SSSR count). The summed E-state index contributed by atoms with van der Waals surface area (Å²) in [5, 5.41) is 9.14. The molecular formula is C22H15N3S. The summed E-state index contributed by atoms with van der Waals surface area (Å²) in [5.74, 6) is 0.838. The van der Waals surface area contributed by atoms with Crippen LogP contribution in [0.2, 0.25) is 0 Å². The molecule has 0 aliphatic carbocycles. The van der Waals surface area contributed by atoms with Crippen molar-refractivity contribution in [2.75, 3.05) is 5.32 Å². The third kappa shape index (κ3) is 2.61. The fourth-order valence-corrected chi connectivity index (χ4v) is 4.12. The first-order valence-electron chi connectivity index (χ1n) is 8.42. The molecule has 0 bridgehead atoms. The van der Waals surface area contributed by atoms with Gasteiger partial charge in [0.1, 0.15) is 17.0 Å². The molecule has 1 N–H and O–H groups in total. The highest BCUT2D eigenvalue weighted by Crippen LogP contribution is 2.37. The second kappa shape index (κ2) is 6.24. The van der Waals surface area contributed by atoms with Gasteiger partial charge >= 0.3 is 0 Å². The standard InChI is InChI=1S/C22H15N3S/c1-2-7-16(8-3-1)19-13-26-22-20(19)21(23-14-24-22)25-18-11-10-15-6-4-5-9-17(15)12-18/h1-14H,(H,23,24,25). The smallest absolute Gasteiger partial charge is 0.143 e. The van der Waals surface area contributed by atoms with E-state index in [4.69, 9.17) is 0 Å². The highest BCUT2D eigenvalue weighted by Gasteiger charge is 2.13. The number of hydrogen-bond acceptors (Lipinski definition) is 4. The molecule has 0 unspecified atom stereocenters. The van der Waals surface area contributed by atoms with Crippen LogP contribution in [-0.2, 0) is 0 Å². The van der Waals surface area contributed by atoms with E-state index < -0.39 is 0 Å². The van der Waals surface area contributed by atoms with Crippen LogP contribution in [0.25, 0.3) is 32.1 Å². The number of thiophene rings is 1. The predicted molar refractivity (Wildman–Crippen MR) is 110 cm³/mol. The Morgan fingerprint density at radius 3 is 2.46 bits per heavy atom. The molecule has 0 radical (unpaired) electrons. The zero-order chi connectivity index (χ0) is 17.3. The Balaban J connectivity index is 1.63. The molecule has 0 aliphatic rings. The first kappa shape index (κ1) is 15.0. The summed E-state index contributed by atoms with van der Waals surface area (Å²) in [5.41, 5.74) is 3.36. The van der Waals surface area contributed by atoms with E-state index in [2.05, 4.69) is 87.4 Å². The SMILES string of the molecule is c1ccc(-c2csc3ncnc(Nc4ccc5ccccc5c4)c23)cc1. The van der Waals surface area contributed by atoms with Gasteiger partial charge in [0, 0.05) is 16.6 Å². The van der Waals surface area contributed by atoms with Gasteiger partial charge in [-0.2, -0.15) is 0 Å². The van der Waals surface area contributed by atoms with Crippen LogP contribution in [0.3, 0.4) is 0 Å². The summed E-state index contributed by atoms with van der Waals surface area (Å²) in [4.78, 5) is 9.96. The van der Waals surface area contributed by atoms with E-state index in [1.807, 2.05) is 6.07 Å². The van der Waals surface area contributed by atoms with Gasteiger partial charge in [0.05, 0.1) is 5.39 Å². The lowest BCUT2D eigenvalue weighted by Gasteiger charge is -2.09. The number of nitrogens with zero attached hydrogens (tertiary/aromatic N) is 2. The summed E-state index contributed by atoms with van der Waals surface area (Å²) in [7, 11) is 0. The molecule has 0 spiro atoms. The molecule has 124 valence electrons. The zero-order valence-corrected chi connectivity index (χ0v) is 14.7. The molecule has 26 heavy (non-hydrogen) atoms. The van der Waals surface area contributed by atoms with E-state index in [0.717, 1.165) is 27.3 Å². The summed E-state index contributed by atoms with van der Waals surface area (Å²) in [6.07, 6.45) is 1.62. The first-order chi connectivity index (χ1) is 12.9. The van der Waals surface area contributed by atoms with Crippen LogP contribution in [0.15, 0.2) is 84.5 Å². The summed E-state index contributed by atoms with van der Waals surface area (Å²) < 4.78 is 0. The van der Waals surface area contributed by atoms with E-state index in [9.17, 15) is 0 Å². The Morgan fingerprint density at radius 2 is 1.58 bits per heavy atom. The van der Waals surface area contributed by atoms with Gasteiger partial charge in [0.25, 0.3) is 0 Å². The highest BCUT2D eigenvalue weighted by atomic mass is 32.1. The fraction of sp³-hybridized carbons (Fsp3) is 0. The number of anilines is 2. The molecule has 0 saturated heterocycles. The van der Waals surface area contributed by atoms with E-state index in [1.165, 1.54) is 16.3 Å². The number of fused-ring (bicyclic) bond motifs is 2. The molecule has 2 heterocycles. The van der Waals surface area contributed by atoms with E-state index in [0.29, 0.717) is 0 Å². The number of nitrogens with one attached hydrogen (secondary N) is 1. The molecule has 0 atom stereocenters. The third-order valence-corrected chi connectivity index (χ3v) is 5.35. The van der Waals surface area contributed by atoms with Gasteiger partial charge in [0.15, 0.2) is 0 Å². The van der Waals surface area contributed by atoms with Crippen LogP contribution in [0.4, 0.5) is 11.5 Å². The van der Waals surface area contributed by atoms with Crippen LogP contribution in [0.1, 0.15) is 0 Å². The molecule has 0 fully saturated rings. The lowest BCUT2D eigenvalue weighted by atomic mass is 10.1. The predicted octanol–water partition coefficient (Wildman–Crippen LogP) is 6.26. The lowest BCUT2D eigenvalue weighted by Crippen LogP contribution is -1.95. The van der Waals surface area contributed by atoms with Gasteiger partial charge in [-0.25, -0.2) is 9.97 Å². The van der Waals surface area contributed by atoms with Crippen molar-refractivity contribution in [1.82, 2.24) is 9.97 Å². The minimum absolute atomic E-state index is 0.838. The van der Waals surface area contributed by atoms with Crippen LogP contribution in [-0.4, -0.2) is 9.97 Å². The normalized spacial score (nSPS) is 11.1. The Morgan fingerprint density at radius 1 is 0.769 bits per heavy atom. The fourth-order valence-electron chi connectivity index (χ4n) is 3.20. The average molecular weight is 353 g/mol. The number of aromatic nitrogens is 2. The van der Waals surface area contributed by atoms with Gasteiger partial charge in [-0.15, -0.1) is 11.3 Å². The maximum atomic E-state index is 4.53. The second-order valence-electron chi connectivity index (χ2n) is 6.10. The summed E-state index contributed by atoms with van der Waals surface area (Å²) in [6.45, 7) is 0. The van der Waals surface area contributed by atoms with Crippen molar-refractivity contribution in [3.05, 3.63) is 84.5 Å². The third-order valence-electron chi connectivity index (χ3n) is 4.47. The van der Waals surface area contributed by atoms with Gasteiger partial charge < -0.3 is 5.32 Å². The van der Waals surface area contributed by atoms with E-state index in [1.54, 1.807) is 17.7 Å². The van der Waals surface area contributed by atoms with E-state index >= 15 is 0 Å². The number of hydrogen-bond donors (Lipinski definition) is 1. The molecule has 4 heteroatoms. The van der Waals surface area contributed by atoms with Gasteiger partial charge in [-0.05, 0) is 28.5 Å². The molecule has 0 saturated carbocycles. The minimum Gasteiger partial charge on any atom is -0.340 e.